The Morgan fingerprint density at radius 1 is 1.24 bits per heavy atom. The summed E-state index contributed by atoms with van der Waals surface area (Å²) in [5.74, 6) is 0.933. The first-order chi connectivity index (χ1) is 13.8. The van der Waals surface area contributed by atoms with Gasteiger partial charge in [-0.1, -0.05) is 35.5 Å². The van der Waals surface area contributed by atoms with E-state index < -0.39 is 10.5 Å². The van der Waals surface area contributed by atoms with Crippen molar-refractivity contribution in [1.29, 1.82) is 0 Å². The molecule has 1 heterocycles. The lowest BCUT2D eigenvalue weighted by Crippen LogP contribution is -2.49. The number of benzene rings is 2. The Labute approximate surface area is 177 Å². The van der Waals surface area contributed by atoms with Crippen LogP contribution < -0.4 is 4.74 Å². The van der Waals surface area contributed by atoms with Gasteiger partial charge in [0.2, 0.25) is 0 Å². The standard InChI is InChI=1S/C20H20ClN3O4S/c1-20(2,28-17-9-5-15(21)6-10-17)18(25)23-12-11-22-19(23)29-13-14-3-7-16(8-4-14)24(26)27/h3-10H,11-13H2,1-2H3. The largest absolute Gasteiger partial charge is 0.478 e. The first kappa shape index (κ1) is 21.1. The molecule has 29 heavy (non-hydrogen) atoms. The van der Waals surface area contributed by atoms with E-state index in [0.29, 0.717) is 34.8 Å². The van der Waals surface area contributed by atoms with Gasteiger partial charge in [0.25, 0.3) is 11.6 Å². The van der Waals surface area contributed by atoms with E-state index in [1.807, 2.05) is 0 Å². The molecule has 152 valence electrons. The first-order valence-electron chi connectivity index (χ1n) is 8.93. The third kappa shape index (κ3) is 5.27. The van der Waals surface area contributed by atoms with Crippen LogP contribution in [0.3, 0.4) is 0 Å². The average molecular weight is 434 g/mol. The lowest BCUT2D eigenvalue weighted by atomic mass is 10.1. The maximum atomic E-state index is 13.1. The van der Waals surface area contributed by atoms with Crippen LogP contribution in [0.25, 0.3) is 0 Å². The van der Waals surface area contributed by atoms with Gasteiger partial charge in [-0.2, -0.15) is 0 Å². The molecule has 1 aliphatic rings. The van der Waals surface area contributed by atoms with Crippen molar-refractivity contribution in [1.82, 2.24) is 4.90 Å². The Balaban J connectivity index is 1.63. The van der Waals surface area contributed by atoms with Gasteiger partial charge in [-0.05, 0) is 43.7 Å². The van der Waals surface area contributed by atoms with Gasteiger partial charge in [-0.25, -0.2) is 0 Å². The highest BCUT2D eigenvalue weighted by Crippen LogP contribution is 2.26. The highest BCUT2D eigenvalue weighted by atomic mass is 35.5. The molecule has 0 fully saturated rings. The second-order valence-corrected chi connectivity index (χ2v) is 8.28. The SMILES string of the molecule is CC(C)(Oc1ccc(Cl)cc1)C(=O)N1CCN=C1SCc1ccc([N+](=O)[O-])cc1. The molecule has 7 nitrogen and oxygen atoms in total. The number of non-ortho nitro benzene ring substituents is 1. The molecule has 2 aromatic rings. The molecule has 0 spiro atoms. The van der Waals surface area contributed by atoms with E-state index >= 15 is 0 Å². The Hall–Kier alpha value is -2.58. The van der Waals surface area contributed by atoms with Crippen LogP contribution >= 0.6 is 23.4 Å². The number of carbonyl (C=O) groups excluding carboxylic acids is 1. The van der Waals surface area contributed by atoms with E-state index in [1.54, 1.807) is 55.1 Å². The van der Waals surface area contributed by atoms with Crippen molar-refractivity contribution in [3.8, 4) is 5.75 Å². The number of aliphatic imine (C=N–C) groups is 1. The fourth-order valence-electron chi connectivity index (χ4n) is 2.77. The molecular formula is C20H20ClN3O4S. The number of carbonyl (C=O) groups is 1. The highest BCUT2D eigenvalue weighted by Gasteiger charge is 2.38. The van der Waals surface area contributed by atoms with Gasteiger partial charge in [0.1, 0.15) is 5.75 Å². The van der Waals surface area contributed by atoms with Gasteiger partial charge in [-0.3, -0.25) is 24.8 Å². The summed E-state index contributed by atoms with van der Waals surface area (Å²) in [4.78, 5) is 29.5. The second kappa shape index (κ2) is 8.84. The van der Waals surface area contributed by atoms with Gasteiger partial charge in [0.05, 0.1) is 11.5 Å². The summed E-state index contributed by atoms with van der Waals surface area (Å²) >= 11 is 7.32. The topological polar surface area (TPSA) is 85.0 Å². The van der Waals surface area contributed by atoms with Crippen LogP contribution in [0.2, 0.25) is 5.02 Å². The van der Waals surface area contributed by atoms with Crippen LogP contribution in [-0.2, 0) is 10.5 Å². The van der Waals surface area contributed by atoms with Crippen LogP contribution in [0.5, 0.6) is 5.75 Å². The zero-order chi connectivity index (χ0) is 21.0. The minimum Gasteiger partial charge on any atom is -0.478 e. The summed E-state index contributed by atoms with van der Waals surface area (Å²) in [5.41, 5.74) is -0.110. The predicted octanol–water partition coefficient (Wildman–Crippen LogP) is 4.54. The number of amides is 1. The molecule has 0 radical (unpaired) electrons. The number of ether oxygens (including phenoxy) is 1. The number of halogens is 1. The van der Waals surface area contributed by atoms with Crippen molar-refractivity contribution in [3.63, 3.8) is 0 Å². The number of nitrogens with zero attached hydrogens (tertiary/aromatic N) is 3. The van der Waals surface area contributed by atoms with Crippen LogP contribution in [0.15, 0.2) is 53.5 Å². The van der Waals surface area contributed by atoms with E-state index in [4.69, 9.17) is 16.3 Å². The number of rotatable bonds is 6. The zero-order valence-corrected chi connectivity index (χ0v) is 17.6. The summed E-state index contributed by atoms with van der Waals surface area (Å²) in [5, 5.41) is 12.0. The summed E-state index contributed by atoms with van der Waals surface area (Å²) in [6.45, 7) is 4.47. The molecule has 1 aliphatic heterocycles. The molecule has 0 N–H and O–H groups in total. The van der Waals surface area contributed by atoms with Crippen LogP contribution in [0.1, 0.15) is 19.4 Å². The van der Waals surface area contributed by atoms with E-state index in [2.05, 4.69) is 4.99 Å². The Morgan fingerprint density at radius 3 is 2.52 bits per heavy atom. The molecule has 0 aliphatic carbocycles. The minimum absolute atomic E-state index is 0.0508. The van der Waals surface area contributed by atoms with Gasteiger partial charge < -0.3 is 4.74 Å². The first-order valence-corrected chi connectivity index (χ1v) is 10.3. The molecule has 0 bridgehead atoms. The van der Waals surface area contributed by atoms with Crippen LogP contribution in [0, 0.1) is 10.1 Å². The number of hydrogen-bond donors (Lipinski definition) is 0. The van der Waals surface area contributed by atoms with E-state index in [0.717, 1.165) is 5.56 Å². The minimum atomic E-state index is -1.08. The fraction of sp³-hybridized carbons (Fsp3) is 0.300. The summed E-state index contributed by atoms with van der Waals surface area (Å²) < 4.78 is 5.90. The van der Waals surface area contributed by atoms with E-state index in [-0.39, 0.29) is 11.6 Å². The van der Waals surface area contributed by atoms with Crippen molar-refractivity contribution >= 4 is 40.1 Å². The average Bonchev–Trinajstić information content (AvgIpc) is 3.16. The third-order valence-electron chi connectivity index (χ3n) is 4.26. The zero-order valence-electron chi connectivity index (χ0n) is 16.0. The lowest BCUT2D eigenvalue weighted by molar-refractivity contribution is -0.384. The molecule has 0 unspecified atom stereocenters. The lowest BCUT2D eigenvalue weighted by Gasteiger charge is -2.30. The molecule has 0 aromatic heterocycles. The van der Waals surface area contributed by atoms with Crippen LogP contribution in [0.4, 0.5) is 5.69 Å². The Morgan fingerprint density at radius 2 is 1.90 bits per heavy atom. The summed E-state index contributed by atoms with van der Waals surface area (Å²) in [6, 6.07) is 13.2. The smallest absolute Gasteiger partial charge is 0.272 e. The molecule has 0 saturated heterocycles. The number of nitro benzene ring substituents is 1. The van der Waals surface area contributed by atoms with Crippen molar-refractivity contribution in [2.75, 3.05) is 13.1 Å². The number of amidine groups is 1. The summed E-state index contributed by atoms with van der Waals surface area (Å²) in [7, 11) is 0. The molecule has 1 amide bonds. The fourth-order valence-corrected chi connectivity index (χ4v) is 3.89. The molecule has 3 rings (SSSR count). The second-order valence-electron chi connectivity index (χ2n) is 6.90. The predicted molar refractivity (Wildman–Crippen MR) is 115 cm³/mol. The quantitative estimate of drug-likeness (QED) is 0.493. The molecule has 0 saturated carbocycles. The van der Waals surface area contributed by atoms with E-state index in [1.165, 1.54) is 23.9 Å². The number of nitro groups is 1. The Bertz CT molecular complexity index is 930. The maximum absolute atomic E-state index is 13.1. The third-order valence-corrected chi connectivity index (χ3v) is 5.60. The van der Waals surface area contributed by atoms with Crippen LogP contribution in [-0.4, -0.2) is 39.6 Å². The van der Waals surface area contributed by atoms with Gasteiger partial charge in [0.15, 0.2) is 10.8 Å². The molecule has 0 atom stereocenters. The molecule has 9 heteroatoms. The van der Waals surface area contributed by atoms with Gasteiger partial charge in [0, 0.05) is 29.5 Å². The number of thioether (sulfide) groups is 1. The van der Waals surface area contributed by atoms with Crippen molar-refractivity contribution in [3.05, 3.63) is 69.2 Å². The molecule has 2 aromatic carbocycles. The summed E-state index contributed by atoms with van der Waals surface area (Å²) in [6.07, 6.45) is 0. The highest BCUT2D eigenvalue weighted by molar-refractivity contribution is 8.13. The monoisotopic (exact) mass is 433 g/mol. The van der Waals surface area contributed by atoms with Crippen molar-refractivity contribution < 1.29 is 14.5 Å². The normalized spacial score (nSPS) is 13.9. The molecular weight excluding hydrogens is 414 g/mol. The van der Waals surface area contributed by atoms with Crippen molar-refractivity contribution in [2.24, 2.45) is 4.99 Å². The van der Waals surface area contributed by atoms with E-state index in [9.17, 15) is 14.9 Å². The maximum Gasteiger partial charge on any atom is 0.272 e. The van der Waals surface area contributed by atoms with Crippen molar-refractivity contribution in [2.45, 2.75) is 25.2 Å². The Kier molecular flexibility index (Phi) is 6.44. The van der Waals surface area contributed by atoms with Gasteiger partial charge in [-0.15, -0.1) is 0 Å². The number of hydrogen-bond acceptors (Lipinski definition) is 6. The van der Waals surface area contributed by atoms with Gasteiger partial charge >= 0.3 is 0 Å².